The molecule has 0 saturated carbocycles. The molecule has 3 aromatic rings. The third kappa shape index (κ3) is 4.43. The minimum Gasteiger partial charge on any atom is -0.364 e. The highest BCUT2D eigenvalue weighted by molar-refractivity contribution is 6.30. The van der Waals surface area contributed by atoms with E-state index in [0.717, 1.165) is 4.90 Å². The van der Waals surface area contributed by atoms with Gasteiger partial charge in [0.1, 0.15) is 24.6 Å². The van der Waals surface area contributed by atoms with Crippen LogP contribution in [0.4, 0.5) is 8.78 Å². The maximum absolute atomic E-state index is 14.3. The van der Waals surface area contributed by atoms with Gasteiger partial charge in [0.15, 0.2) is 5.69 Å². The van der Waals surface area contributed by atoms with Crippen LogP contribution >= 0.6 is 11.6 Å². The first kappa shape index (κ1) is 23.6. The van der Waals surface area contributed by atoms with Crippen LogP contribution in [0.15, 0.2) is 36.7 Å². The first-order valence-electron chi connectivity index (χ1n) is 10.5. The van der Waals surface area contributed by atoms with Gasteiger partial charge in [-0.1, -0.05) is 23.7 Å². The van der Waals surface area contributed by atoms with Crippen molar-refractivity contribution in [3.63, 3.8) is 0 Å². The highest BCUT2D eigenvalue weighted by Gasteiger charge is 2.40. The van der Waals surface area contributed by atoms with Crippen LogP contribution in [0.25, 0.3) is 10.9 Å². The second-order valence-corrected chi connectivity index (χ2v) is 8.44. The number of benzene rings is 1. The maximum Gasteiger partial charge on any atom is 0.269 e. The molecule has 1 saturated heterocycles. The van der Waals surface area contributed by atoms with Gasteiger partial charge >= 0.3 is 0 Å². The molecule has 3 amide bonds. The van der Waals surface area contributed by atoms with Crippen LogP contribution in [0.1, 0.15) is 35.4 Å². The Bertz CT molecular complexity index is 1280. The predicted octanol–water partition coefficient (Wildman–Crippen LogP) is 2.14. The molecule has 12 heteroatoms. The molecule has 1 aromatic carbocycles. The van der Waals surface area contributed by atoms with Crippen LogP contribution in [-0.4, -0.2) is 56.1 Å². The number of likely N-dealkylation sites (tertiary alicyclic amines) is 1. The molecule has 3 N–H and O–H groups in total. The number of aromatic nitrogens is 3. The summed E-state index contributed by atoms with van der Waals surface area (Å²) in [4.78, 5) is 42.8. The largest absolute Gasteiger partial charge is 0.364 e. The normalized spacial score (nSPS) is 18.8. The Kier molecular flexibility index (Phi) is 6.47. The number of carbonyl (C=O) groups excluding carboxylic acids is 3. The van der Waals surface area contributed by atoms with Crippen molar-refractivity contribution >= 4 is 40.2 Å². The summed E-state index contributed by atoms with van der Waals surface area (Å²) in [6.45, 7) is 0.927. The van der Waals surface area contributed by atoms with Crippen LogP contribution in [0.2, 0.25) is 5.02 Å². The minimum absolute atomic E-state index is 0.0262. The summed E-state index contributed by atoms with van der Waals surface area (Å²) >= 11 is 5.81. The highest BCUT2D eigenvalue weighted by atomic mass is 35.5. The van der Waals surface area contributed by atoms with Gasteiger partial charge in [0.05, 0.1) is 29.3 Å². The molecule has 1 aliphatic heterocycles. The molecular weight excluding hydrogens is 470 g/mol. The van der Waals surface area contributed by atoms with E-state index in [-0.39, 0.29) is 35.8 Å². The van der Waals surface area contributed by atoms with Crippen molar-refractivity contribution < 1.29 is 23.2 Å². The van der Waals surface area contributed by atoms with E-state index >= 15 is 0 Å². The lowest BCUT2D eigenvalue weighted by atomic mass is 10.1. The van der Waals surface area contributed by atoms with Crippen molar-refractivity contribution in [2.24, 2.45) is 5.73 Å². The summed E-state index contributed by atoms with van der Waals surface area (Å²) in [6.07, 6.45) is 1.28. The van der Waals surface area contributed by atoms with Crippen LogP contribution < -0.4 is 11.1 Å². The number of pyridine rings is 1. The number of rotatable bonds is 6. The Morgan fingerprint density at radius 3 is 2.82 bits per heavy atom. The minimum atomic E-state index is -1.41. The van der Waals surface area contributed by atoms with Gasteiger partial charge in [-0.05, 0) is 19.1 Å². The Morgan fingerprint density at radius 1 is 1.32 bits per heavy atom. The Hall–Kier alpha value is -3.60. The zero-order valence-corrected chi connectivity index (χ0v) is 18.8. The molecule has 3 heterocycles. The number of carbonyl (C=O) groups is 3. The molecule has 178 valence electrons. The smallest absolute Gasteiger partial charge is 0.269 e. The number of hydrogen-bond acceptors (Lipinski definition) is 5. The summed E-state index contributed by atoms with van der Waals surface area (Å²) in [5.74, 6) is -2.63. The van der Waals surface area contributed by atoms with Gasteiger partial charge in [-0.2, -0.15) is 5.10 Å². The zero-order valence-electron chi connectivity index (χ0n) is 18.0. The fraction of sp³-hybridized carbons (Fsp3) is 0.318. The van der Waals surface area contributed by atoms with Crippen molar-refractivity contribution in [3.8, 4) is 0 Å². The molecule has 9 nitrogen and oxygen atoms in total. The van der Waals surface area contributed by atoms with E-state index in [0.29, 0.717) is 10.9 Å². The summed E-state index contributed by atoms with van der Waals surface area (Å²) < 4.78 is 29.8. The first-order chi connectivity index (χ1) is 16.2. The Morgan fingerprint density at radius 2 is 2.09 bits per heavy atom. The standard InChI is InChI=1S/C22H21ClF2N6O3/c1-11(13-3-2-4-15(23)19(13)25)28-22(34)16-7-12(24)9-30(16)18(32)10-31-17-8-27-6-5-14(17)20(29-31)21(26)33/h2-6,8,11-12,16H,7,9-10H2,1H3,(H2,26,33)(H,28,34)/t11-,12-,16+/m1/s1. The molecule has 2 aromatic heterocycles. The van der Waals surface area contributed by atoms with Gasteiger partial charge in [0.25, 0.3) is 5.91 Å². The van der Waals surface area contributed by atoms with Crippen molar-refractivity contribution in [2.45, 2.75) is 38.1 Å². The second kappa shape index (κ2) is 9.34. The van der Waals surface area contributed by atoms with E-state index in [4.69, 9.17) is 17.3 Å². The van der Waals surface area contributed by atoms with Crippen LogP contribution in [0, 0.1) is 5.82 Å². The molecule has 0 radical (unpaired) electrons. The van der Waals surface area contributed by atoms with Crippen LogP contribution in [-0.2, 0) is 16.1 Å². The van der Waals surface area contributed by atoms with Gasteiger partial charge in [0, 0.05) is 23.6 Å². The molecule has 34 heavy (non-hydrogen) atoms. The van der Waals surface area contributed by atoms with E-state index in [1.165, 1.54) is 29.2 Å². The molecule has 0 aliphatic carbocycles. The van der Waals surface area contributed by atoms with Gasteiger partial charge in [-0.3, -0.25) is 24.0 Å². The maximum atomic E-state index is 14.3. The Balaban J connectivity index is 1.53. The third-order valence-electron chi connectivity index (χ3n) is 5.75. The molecule has 0 bridgehead atoms. The number of hydrogen-bond donors (Lipinski definition) is 2. The van der Waals surface area contributed by atoms with Crippen molar-refractivity contribution in [3.05, 3.63) is 58.8 Å². The van der Waals surface area contributed by atoms with E-state index in [2.05, 4.69) is 15.4 Å². The molecule has 1 aliphatic rings. The number of primary amides is 1. The lowest BCUT2D eigenvalue weighted by molar-refractivity contribution is -0.139. The van der Waals surface area contributed by atoms with E-state index in [1.54, 1.807) is 19.1 Å². The van der Waals surface area contributed by atoms with E-state index < -0.39 is 41.8 Å². The van der Waals surface area contributed by atoms with Gasteiger partial charge in [-0.15, -0.1) is 0 Å². The van der Waals surface area contributed by atoms with E-state index in [1.807, 2.05) is 0 Å². The lowest BCUT2D eigenvalue weighted by Crippen LogP contribution is -2.47. The summed E-state index contributed by atoms with van der Waals surface area (Å²) in [5, 5.41) is 7.07. The number of fused-ring (bicyclic) bond motifs is 1. The summed E-state index contributed by atoms with van der Waals surface area (Å²) in [6, 6.07) is 4.11. The highest BCUT2D eigenvalue weighted by Crippen LogP contribution is 2.26. The topological polar surface area (TPSA) is 123 Å². The van der Waals surface area contributed by atoms with Gasteiger partial charge in [-0.25, -0.2) is 8.78 Å². The molecule has 4 rings (SSSR count). The first-order valence-corrected chi connectivity index (χ1v) is 10.8. The molecule has 3 atom stereocenters. The molecule has 0 unspecified atom stereocenters. The predicted molar refractivity (Wildman–Crippen MR) is 119 cm³/mol. The fourth-order valence-electron chi connectivity index (χ4n) is 4.09. The zero-order chi connectivity index (χ0) is 24.6. The second-order valence-electron chi connectivity index (χ2n) is 8.03. The number of nitrogens with one attached hydrogen (secondary N) is 1. The van der Waals surface area contributed by atoms with Crippen molar-refractivity contribution in [1.82, 2.24) is 25.0 Å². The van der Waals surface area contributed by atoms with E-state index in [9.17, 15) is 23.2 Å². The van der Waals surface area contributed by atoms with Gasteiger partial charge in [0.2, 0.25) is 11.8 Å². The van der Waals surface area contributed by atoms with Crippen molar-refractivity contribution in [1.29, 1.82) is 0 Å². The third-order valence-corrected chi connectivity index (χ3v) is 6.04. The number of halogens is 3. The number of alkyl halides is 1. The summed E-state index contributed by atoms with van der Waals surface area (Å²) in [5.41, 5.74) is 5.91. The SMILES string of the molecule is C[C@@H](NC(=O)[C@@H]1C[C@@H](F)CN1C(=O)Cn1nc(C(N)=O)c2ccncc21)c1cccc(Cl)c1F. The van der Waals surface area contributed by atoms with Crippen LogP contribution in [0.3, 0.4) is 0 Å². The van der Waals surface area contributed by atoms with Crippen LogP contribution in [0.5, 0.6) is 0 Å². The summed E-state index contributed by atoms with van der Waals surface area (Å²) in [7, 11) is 0. The van der Waals surface area contributed by atoms with Crippen molar-refractivity contribution in [2.75, 3.05) is 6.54 Å². The molecule has 0 spiro atoms. The number of nitrogens with two attached hydrogens (primary N) is 1. The molecular formula is C22H21ClF2N6O3. The number of amides is 3. The average Bonchev–Trinajstić information content (AvgIpc) is 3.37. The monoisotopic (exact) mass is 490 g/mol. The number of nitrogens with zero attached hydrogens (tertiary/aromatic N) is 4. The fourth-order valence-corrected chi connectivity index (χ4v) is 4.27. The molecule has 1 fully saturated rings. The quantitative estimate of drug-likeness (QED) is 0.548. The average molecular weight is 491 g/mol. The lowest BCUT2D eigenvalue weighted by Gasteiger charge is -2.25. The van der Waals surface area contributed by atoms with Gasteiger partial charge < -0.3 is 16.0 Å². The Labute approximate surface area is 197 Å².